The van der Waals surface area contributed by atoms with Crippen LogP contribution in [0.2, 0.25) is 0 Å². The van der Waals surface area contributed by atoms with Crippen molar-refractivity contribution in [3.05, 3.63) is 36.5 Å². The third kappa shape index (κ3) is 59.3. The Bertz CT molecular complexity index is 1200. The Morgan fingerprint density at radius 1 is 0.378 bits per heavy atom. The van der Waals surface area contributed by atoms with Crippen LogP contribution in [-0.2, 0) is 14.3 Å². The maximum Gasteiger partial charge on any atom is 0.305 e. The van der Waals surface area contributed by atoms with E-state index in [9.17, 15) is 19.8 Å². The van der Waals surface area contributed by atoms with Crippen molar-refractivity contribution < 1.29 is 24.5 Å². The first-order valence-electron chi connectivity index (χ1n) is 33.2. The van der Waals surface area contributed by atoms with Crippen LogP contribution in [0.25, 0.3) is 0 Å². The van der Waals surface area contributed by atoms with Gasteiger partial charge < -0.3 is 20.3 Å². The first-order valence-corrected chi connectivity index (χ1v) is 33.2. The molecule has 3 N–H and O–H groups in total. The molecular formula is C68H129NO5. The number of carbonyl (C=O) groups excluding carboxylic acids is 2. The van der Waals surface area contributed by atoms with E-state index in [2.05, 4.69) is 55.6 Å². The number of ether oxygens (including phenoxy) is 1. The van der Waals surface area contributed by atoms with E-state index >= 15 is 0 Å². The van der Waals surface area contributed by atoms with Gasteiger partial charge in [-0.15, -0.1) is 0 Å². The third-order valence-electron chi connectivity index (χ3n) is 15.4. The maximum atomic E-state index is 12.5. The van der Waals surface area contributed by atoms with E-state index in [4.69, 9.17) is 4.74 Å². The number of unbranched alkanes of at least 4 members (excludes halogenated alkanes) is 45. The lowest BCUT2D eigenvalue weighted by Crippen LogP contribution is -2.45. The molecule has 2 unspecified atom stereocenters. The summed E-state index contributed by atoms with van der Waals surface area (Å²) in [4.78, 5) is 24.6. The van der Waals surface area contributed by atoms with E-state index in [-0.39, 0.29) is 18.5 Å². The van der Waals surface area contributed by atoms with Crippen molar-refractivity contribution >= 4 is 11.9 Å². The number of amides is 1. The molecule has 0 fully saturated rings. The zero-order valence-corrected chi connectivity index (χ0v) is 49.8. The molecule has 1 amide bonds. The first kappa shape index (κ1) is 72.1. The number of rotatable bonds is 62. The van der Waals surface area contributed by atoms with Gasteiger partial charge in [-0.3, -0.25) is 9.59 Å². The Kier molecular flexibility index (Phi) is 62.0. The van der Waals surface area contributed by atoms with Gasteiger partial charge in [-0.1, -0.05) is 301 Å². The molecule has 0 heterocycles. The number of aliphatic hydroxyl groups is 2. The lowest BCUT2D eigenvalue weighted by atomic mass is 10.0. The minimum Gasteiger partial charge on any atom is -0.466 e. The highest BCUT2D eigenvalue weighted by molar-refractivity contribution is 5.76. The summed E-state index contributed by atoms with van der Waals surface area (Å²) in [6, 6.07) is -0.546. The van der Waals surface area contributed by atoms with Crippen molar-refractivity contribution in [1.29, 1.82) is 0 Å². The Morgan fingerprint density at radius 2 is 0.676 bits per heavy atom. The second kappa shape index (κ2) is 63.6. The van der Waals surface area contributed by atoms with E-state index in [0.717, 1.165) is 51.4 Å². The number of aliphatic hydroxyl groups excluding tert-OH is 2. The maximum absolute atomic E-state index is 12.5. The van der Waals surface area contributed by atoms with Crippen LogP contribution < -0.4 is 5.32 Å². The average Bonchev–Trinajstić information content (AvgIpc) is 3.40. The van der Waals surface area contributed by atoms with E-state index in [1.807, 2.05) is 0 Å². The molecular weight excluding hydrogens is 911 g/mol. The van der Waals surface area contributed by atoms with Gasteiger partial charge in [0.05, 0.1) is 25.4 Å². The summed E-state index contributed by atoms with van der Waals surface area (Å²) in [6.45, 7) is 4.96. The van der Waals surface area contributed by atoms with E-state index in [1.165, 1.54) is 276 Å². The Morgan fingerprint density at radius 3 is 1.04 bits per heavy atom. The Balaban J connectivity index is 3.42. The summed E-state index contributed by atoms with van der Waals surface area (Å²) in [6.07, 6.45) is 80.2. The van der Waals surface area contributed by atoms with E-state index in [1.54, 1.807) is 0 Å². The molecule has 0 spiro atoms. The van der Waals surface area contributed by atoms with Crippen molar-refractivity contribution in [2.45, 2.75) is 373 Å². The highest BCUT2D eigenvalue weighted by Crippen LogP contribution is 2.18. The summed E-state index contributed by atoms with van der Waals surface area (Å²) in [5.41, 5.74) is 0. The number of nitrogens with one attached hydrogen (secondary N) is 1. The summed E-state index contributed by atoms with van der Waals surface area (Å²) in [5, 5.41) is 23.3. The lowest BCUT2D eigenvalue weighted by Gasteiger charge is -2.22. The van der Waals surface area contributed by atoms with E-state index < -0.39 is 12.1 Å². The molecule has 0 aliphatic heterocycles. The molecule has 74 heavy (non-hydrogen) atoms. The molecule has 0 saturated heterocycles. The predicted octanol–water partition coefficient (Wildman–Crippen LogP) is 21.1. The van der Waals surface area contributed by atoms with Crippen LogP contribution in [0.1, 0.15) is 361 Å². The fourth-order valence-electron chi connectivity index (χ4n) is 10.3. The summed E-state index contributed by atoms with van der Waals surface area (Å²) >= 11 is 0. The van der Waals surface area contributed by atoms with Gasteiger partial charge in [0.25, 0.3) is 0 Å². The summed E-state index contributed by atoms with van der Waals surface area (Å²) in [7, 11) is 0. The second-order valence-corrected chi connectivity index (χ2v) is 22.8. The largest absolute Gasteiger partial charge is 0.466 e. The molecule has 0 radical (unpaired) electrons. The highest BCUT2D eigenvalue weighted by atomic mass is 16.5. The van der Waals surface area contributed by atoms with Gasteiger partial charge in [0.2, 0.25) is 5.91 Å². The monoisotopic (exact) mass is 1040 g/mol. The number of allylic oxidation sites excluding steroid dienone is 6. The zero-order chi connectivity index (χ0) is 53.6. The Hall–Kier alpha value is -1.92. The van der Waals surface area contributed by atoms with Gasteiger partial charge in [0, 0.05) is 12.8 Å². The predicted molar refractivity (Wildman–Crippen MR) is 324 cm³/mol. The second-order valence-electron chi connectivity index (χ2n) is 22.8. The first-order chi connectivity index (χ1) is 36.5. The topological polar surface area (TPSA) is 95.9 Å². The minimum atomic E-state index is -0.668. The van der Waals surface area contributed by atoms with Gasteiger partial charge in [-0.2, -0.15) is 0 Å². The molecule has 0 aromatic carbocycles. The molecule has 436 valence electrons. The van der Waals surface area contributed by atoms with Crippen LogP contribution in [0.4, 0.5) is 0 Å². The van der Waals surface area contributed by atoms with Crippen LogP contribution in [-0.4, -0.2) is 47.4 Å². The molecule has 0 aromatic heterocycles. The van der Waals surface area contributed by atoms with E-state index in [0.29, 0.717) is 25.9 Å². The molecule has 0 aliphatic carbocycles. The standard InChI is InChI=1S/C68H129NO5/c1-3-5-7-9-11-13-15-17-19-29-34-38-42-46-50-54-58-62-68(73)74-63-59-55-51-47-43-39-35-31-28-26-24-22-20-21-23-25-27-30-33-37-41-45-49-53-57-61-67(72)69-65(64-70)66(71)60-56-52-48-44-40-36-32-18-16-14-12-10-8-6-4-2/h17,19,21-24,65-66,70-71H,3-16,18,20,25-64H2,1-2H3,(H,69,72)/b19-17-,23-21-,24-22-. The number of hydrogen-bond donors (Lipinski definition) is 3. The number of esters is 1. The summed E-state index contributed by atoms with van der Waals surface area (Å²) in [5.74, 6) is -0.0334. The van der Waals surface area contributed by atoms with Crippen molar-refractivity contribution in [2.75, 3.05) is 13.2 Å². The SMILES string of the molecule is CCCCCCCC/C=C\CCCCCCCCCC(=O)OCCCCCCCCCCC/C=C\C/C=C\CCCCCCCCCCCC(=O)NC(CO)C(O)CCCCCCCCCCCCCCCCC. The van der Waals surface area contributed by atoms with Gasteiger partial charge in [-0.05, 0) is 83.5 Å². The van der Waals surface area contributed by atoms with Crippen molar-refractivity contribution in [3.63, 3.8) is 0 Å². The van der Waals surface area contributed by atoms with Crippen LogP contribution >= 0.6 is 0 Å². The third-order valence-corrected chi connectivity index (χ3v) is 15.4. The van der Waals surface area contributed by atoms with Gasteiger partial charge in [0.15, 0.2) is 0 Å². The minimum absolute atomic E-state index is 0.00598. The van der Waals surface area contributed by atoms with Gasteiger partial charge >= 0.3 is 5.97 Å². The molecule has 0 aliphatic rings. The van der Waals surface area contributed by atoms with Crippen LogP contribution in [0.15, 0.2) is 36.5 Å². The smallest absolute Gasteiger partial charge is 0.305 e. The number of carbonyl (C=O) groups is 2. The molecule has 6 nitrogen and oxygen atoms in total. The summed E-state index contributed by atoms with van der Waals surface area (Å²) < 4.78 is 5.49. The normalized spacial score (nSPS) is 12.8. The molecule has 0 bridgehead atoms. The fraction of sp³-hybridized carbons (Fsp3) is 0.882. The van der Waals surface area contributed by atoms with Crippen LogP contribution in [0.3, 0.4) is 0 Å². The van der Waals surface area contributed by atoms with Crippen LogP contribution in [0.5, 0.6) is 0 Å². The average molecular weight is 1040 g/mol. The van der Waals surface area contributed by atoms with Gasteiger partial charge in [0.1, 0.15) is 0 Å². The molecule has 0 rings (SSSR count). The molecule has 2 atom stereocenters. The molecule has 6 heteroatoms. The van der Waals surface area contributed by atoms with Crippen molar-refractivity contribution in [2.24, 2.45) is 0 Å². The van der Waals surface area contributed by atoms with Crippen molar-refractivity contribution in [3.8, 4) is 0 Å². The fourth-order valence-corrected chi connectivity index (χ4v) is 10.3. The lowest BCUT2D eigenvalue weighted by molar-refractivity contribution is -0.143. The Labute approximate surface area is 462 Å². The van der Waals surface area contributed by atoms with Crippen molar-refractivity contribution in [1.82, 2.24) is 5.32 Å². The zero-order valence-electron chi connectivity index (χ0n) is 49.8. The quantitative estimate of drug-likeness (QED) is 0.0320. The highest BCUT2D eigenvalue weighted by Gasteiger charge is 2.20. The molecule has 0 saturated carbocycles. The number of hydrogen-bond acceptors (Lipinski definition) is 5. The molecule has 0 aromatic rings. The van der Waals surface area contributed by atoms with Gasteiger partial charge in [-0.25, -0.2) is 0 Å². The van der Waals surface area contributed by atoms with Crippen LogP contribution in [0, 0.1) is 0 Å².